The summed E-state index contributed by atoms with van der Waals surface area (Å²) in [6, 6.07) is 7.31. The van der Waals surface area contributed by atoms with E-state index in [0.29, 0.717) is 49.1 Å². The van der Waals surface area contributed by atoms with Crippen LogP contribution < -0.4 is 21.8 Å². The van der Waals surface area contributed by atoms with Gasteiger partial charge in [0, 0.05) is 98.7 Å². The number of nitrogens with zero attached hydrogens (tertiary/aromatic N) is 4. The summed E-state index contributed by atoms with van der Waals surface area (Å²) in [4.78, 5) is 56.4. The first kappa shape index (κ1) is 40.4. The molecule has 8 rings (SSSR count). The third kappa shape index (κ3) is 7.62. The number of rotatable bonds is 14. The molecule has 304 valence electrons. The van der Waals surface area contributed by atoms with E-state index >= 15 is 0 Å². The number of aliphatic hydroxyl groups is 2. The van der Waals surface area contributed by atoms with Crippen LogP contribution in [0.2, 0.25) is 0 Å². The van der Waals surface area contributed by atoms with Crippen molar-refractivity contribution >= 4 is 24.0 Å². The first-order valence-corrected chi connectivity index (χ1v) is 21.2. The lowest BCUT2D eigenvalue weighted by Crippen LogP contribution is -2.49. The van der Waals surface area contributed by atoms with Gasteiger partial charge in [-0.15, -0.1) is 0 Å². The summed E-state index contributed by atoms with van der Waals surface area (Å²) in [5, 5.41) is 26.5. The van der Waals surface area contributed by atoms with Gasteiger partial charge in [-0.1, -0.05) is 38.2 Å². The monoisotopic (exact) mass is 770 g/mol. The molecule has 6 heterocycles. The normalized spacial score (nSPS) is 29.2. The lowest BCUT2D eigenvalue weighted by atomic mass is 9.88. The van der Waals surface area contributed by atoms with Crippen molar-refractivity contribution in [3.8, 4) is 0 Å². The lowest BCUT2D eigenvalue weighted by molar-refractivity contribution is -0.128. The summed E-state index contributed by atoms with van der Waals surface area (Å²) >= 11 is 0. The van der Waals surface area contributed by atoms with Crippen molar-refractivity contribution in [2.75, 3.05) is 39.4 Å². The number of nitrogens with one attached hydrogen (secondary N) is 2. The minimum atomic E-state index is -0.314. The molecule has 0 unspecified atom stereocenters. The molecule has 4 fully saturated rings. The predicted molar refractivity (Wildman–Crippen MR) is 217 cm³/mol. The summed E-state index contributed by atoms with van der Waals surface area (Å²) in [6.07, 6.45) is 14.0. The fraction of sp³-hybridized carbons (Fsp3) is 0.636. The first-order chi connectivity index (χ1) is 27.2. The SMILES string of the molecule is C/C=C/c1ccc2n(c1=O)C[C@@H]1[C@@H](CO)[C@H](C(=O)NCCC)N(CC3CC3)[C@H]21.C/C=C\c1ccc2n(c1=O)C[C@@H]1[C@@H](CO)[C@H](C(=O)NCCC)N(CC3CC3)[C@H]21. The number of allylic oxidation sites excluding steroid dienone is 2. The van der Waals surface area contributed by atoms with Crippen LogP contribution in [0.1, 0.15) is 101 Å². The molecule has 2 saturated heterocycles. The number of carbonyl (C=O) groups is 2. The van der Waals surface area contributed by atoms with E-state index in [0.717, 1.165) is 37.3 Å². The number of pyridine rings is 2. The van der Waals surface area contributed by atoms with E-state index in [4.69, 9.17) is 0 Å². The molecule has 12 nitrogen and oxygen atoms in total. The Kier molecular flexibility index (Phi) is 12.5. The number of amides is 2. The van der Waals surface area contributed by atoms with Crippen molar-refractivity contribution in [1.29, 1.82) is 0 Å². The van der Waals surface area contributed by atoms with Crippen molar-refractivity contribution in [2.45, 2.75) is 103 Å². The Morgan fingerprint density at radius 3 is 1.39 bits per heavy atom. The molecule has 56 heavy (non-hydrogen) atoms. The fourth-order valence-electron chi connectivity index (χ4n) is 10.2. The van der Waals surface area contributed by atoms with E-state index in [1.54, 1.807) is 0 Å². The molecule has 0 spiro atoms. The zero-order valence-electron chi connectivity index (χ0n) is 33.6. The van der Waals surface area contributed by atoms with E-state index in [1.165, 1.54) is 25.7 Å². The van der Waals surface area contributed by atoms with Crippen molar-refractivity contribution < 1.29 is 19.8 Å². The van der Waals surface area contributed by atoms with Crippen molar-refractivity contribution in [2.24, 2.45) is 35.5 Å². The smallest absolute Gasteiger partial charge is 0.258 e. The maximum atomic E-state index is 13.0. The van der Waals surface area contributed by atoms with Crippen molar-refractivity contribution in [1.82, 2.24) is 29.6 Å². The number of hydrogen-bond donors (Lipinski definition) is 4. The Bertz CT molecular complexity index is 1790. The van der Waals surface area contributed by atoms with Gasteiger partial charge in [-0.05, 0) is 88.5 Å². The number of fused-ring (bicyclic) bond motifs is 6. The summed E-state index contributed by atoms with van der Waals surface area (Å²) in [7, 11) is 0. The number of hydrogen-bond acceptors (Lipinski definition) is 8. The largest absolute Gasteiger partial charge is 0.396 e. The standard InChI is InChI=1S/2C22H31N3O3/c2*1-3-5-15-8-9-18-19-16(12-24(18)22(15)28)17(13-26)20(21(27)23-10-4-2)25(19)11-14-6-7-14/h2*3,5,8-9,14,16-17,19-20,26H,4,6-7,10-13H2,1-2H3,(H,23,27)/b5-3+;5-3-/t2*16-,17-,19+,20-/m11/s1. The molecule has 12 heteroatoms. The average molecular weight is 771 g/mol. The van der Waals surface area contributed by atoms with Gasteiger partial charge in [0.25, 0.3) is 11.1 Å². The van der Waals surface area contributed by atoms with Crippen LogP contribution in [0.4, 0.5) is 0 Å². The van der Waals surface area contributed by atoms with Crippen LogP contribution >= 0.6 is 0 Å². The quantitative estimate of drug-likeness (QED) is 0.228. The van der Waals surface area contributed by atoms with Gasteiger partial charge in [0.2, 0.25) is 11.8 Å². The molecule has 4 N–H and O–H groups in total. The van der Waals surface area contributed by atoms with E-state index in [2.05, 4.69) is 20.4 Å². The van der Waals surface area contributed by atoms with Gasteiger partial charge >= 0.3 is 0 Å². The van der Waals surface area contributed by atoms with Crippen LogP contribution in [0, 0.1) is 35.5 Å². The third-order valence-electron chi connectivity index (χ3n) is 13.1. The maximum Gasteiger partial charge on any atom is 0.258 e. The van der Waals surface area contributed by atoms with Gasteiger partial charge in [-0.2, -0.15) is 0 Å². The summed E-state index contributed by atoms with van der Waals surface area (Å²) in [5.41, 5.74) is 3.43. The number of aliphatic hydroxyl groups excluding tert-OH is 2. The van der Waals surface area contributed by atoms with E-state index in [-0.39, 0.29) is 84.0 Å². The lowest BCUT2D eigenvalue weighted by Gasteiger charge is -2.30. The highest BCUT2D eigenvalue weighted by molar-refractivity contribution is 5.83. The number of likely N-dealkylation sites (tertiary alicyclic amines) is 2. The Morgan fingerprint density at radius 2 is 1.07 bits per heavy atom. The molecule has 2 aromatic rings. The van der Waals surface area contributed by atoms with Crippen LogP contribution in [0.3, 0.4) is 0 Å². The van der Waals surface area contributed by atoms with Crippen molar-refractivity contribution in [3.63, 3.8) is 0 Å². The Hall–Kier alpha value is -3.84. The van der Waals surface area contributed by atoms with E-state index in [1.807, 2.05) is 85.4 Å². The van der Waals surface area contributed by atoms with Gasteiger partial charge in [-0.3, -0.25) is 29.0 Å². The van der Waals surface area contributed by atoms with Crippen LogP contribution in [-0.4, -0.2) is 92.4 Å². The summed E-state index contributed by atoms with van der Waals surface area (Å²) in [5.74, 6) is 1.19. The minimum Gasteiger partial charge on any atom is -0.396 e. The molecule has 4 aliphatic heterocycles. The van der Waals surface area contributed by atoms with Gasteiger partial charge in [0.15, 0.2) is 0 Å². The molecule has 0 radical (unpaired) electrons. The van der Waals surface area contributed by atoms with Crippen molar-refractivity contribution in [3.05, 3.63) is 79.6 Å². The fourth-order valence-corrected chi connectivity index (χ4v) is 10.2. The Labute approximate surface area is 330 Å². The van der Waals surface area contributed by atoms with Crippen LogP contribution in [0.5, 0.6) is 0 Å². The molecule has 8 atom stereocenters. The maximum absolute atomic E-state index is 13.0. The van der Waals surface area contributed by atoms with E-state index in [9.17, 15) is 29.4 Å². The number of aromatic nitrogens is 2. The molecule has 2 aliphatic carbocycles. The van der Waals surface area contributed by atoms with E-state index < -0.39 is 0 Å². The average Bonchev–Trinajstić information content (AvgIpc) is 4.07. The Morgan fingerprint density at radius 1 is 0.679 bits per heavy atom. The van der Waals surface area contributed by atoms with Crippen LogP contribution in [0.25, 0.3) is 12.2 Å². The highest BCUT2D eigenvalue weighted by atomic mass is 16.3. The van der Waals surface area contributed by atoms with Gasteiger partial charge in [0.1, 0.15) is 0 Å². The molecule has 6 aliphatic rings. The minimum absolute atomic E-state index is 0.0235. The van der Waals surface area contributed by atoms with Gasteiger partial charge in [0.05, 0.1) is 24.2 Å². The zero-order valence-corrected chi connectivity index (χ0v) is 33.6. The molecule has 2 aromatic heterocycles. The number of carbonyl (C=O) groups excluding carboxylic acids is 2. The predicted octanol–water partition coefficient (Wildman–Crippen LogP) is 3.56. The topological polar surface area (TPSA) is 149 Å². The summed E-state index contributed by atoms with van der Waals surface area (Å²) < 4.78 is 3.74. The van der Waals surface area contributed by atoms with Gasteiger partial charge in [-0.25, -0.2) is 0 Å². The molecule has 2 saturated carbocycles. The second-order valence-corrected chi connectivity index (χ2v) is 16.9. The Balaban J connectivity index is 0.000000172. The second kappa shape index (κ2) is 17.3. The zero-order chi connectivity index (χ0) is 39.7. The summed E-state index contributed by atoms with van der Waals surface area (Å²) in [6.45, 7) is 12.0. The molecule has 0 aromatic carbocycles. The van der Waals surface area contributed by atoms with Crippen LogP contribution in [0.15, 0.2) is 46.0 Å². The molecular weight excluding hydrogens is 709 g/mol. The van der Waals surface area contributed by atoms with Crippen LogP contribution in [-0.2, 0) is 22.7 Å². The highest BCUT2D eigenvalue weighted by Gasteiger charge is 2.57. The second-order valence-electron chi connectivity index (χ2n) is 16.9. The first-order valence-electron chi connectivity index (χ1n) is 21.2. The highest BCUT2D eigenvalue weighted by Crippen LogP contribution is 2.52. The molecule has 2 amide bonds. The molecule has 0 bridgehead atoms. The molecular formula is C44H62N6O6. The third-order valence-corrected chi connectivity index (χ3v) is 13.1. The van der Waals surface area contributed by atoms with Gasteiger partial charge < -0.3 is 30.0 Å².